The zero-order valence-corrected chi connectivity index (χ0v) is 16.0. The van der Waals surface area contributed by atoms with Crippen LogP contribution in [-0.4, -0.2) is 51.7 Å². The van der Waals surface area contributed by atoms with E-state index >= 15 is 0 Å². The maximum atomic E-state index is 12.9. The summed E-state index contributed by atoms with van der Waals surface area (Å²) in [5.41, 5.74) is 0. The predicted octanol–water partition coefficient (Wildman–Crippen LogP) is 1.13. The molecule has 2 atom stereocenters. The number of sulfonamides is 1. The van der Waals surface area contributed by atoms with E-state index in [9.17, 15) is 18.3 Å². The number of nitrogens with zero attached hydrogens (tertiary/aromatic N) is 4. The van der Waals surface area contributed by atoms with Gasteiger partial charge in [-0.05, 0) is 36.6 Å². The maximum Gasteiger partial charge on any atom is 0.307 e. The molecule has 0 spiro atoms. The second-order valence-corrected chi connectivity index (χ2v) is 8.70. The van der Waals surface area contributed by atoms with Gasteiger partial charge in [0.05, 0.1) is 10.8 Å². The van der Waals surface area contributed by atoms with Gasteiger partial charge in [-0.1, -0.05) is 6.92 Å². The molecule has 1 aromatic carbocycles. The van der Waals surface area contributed by atoms with Crippen LogP contribution in [0.2, 0.25) is 0 Å². The van der Waals surface area contributed by atoms with Crippen molar-refractivity contribution in [1.29, 1.82) is 0 Å². The van der Waals surface area contributed by atoms with E-state index in [1.165, 1.54) is 22.8 Å². The van der Waals surface area contributed by atoms with Crippen molar-refractivity contribution in [2.45, 2.75) is 24.8 Å². The first kappa shape index (κ1) is 19.3. The summed E-state index contributed by atoms with van der Waals surface area (Å²) in [6.07, 6.45) is 1.91. The fourth-order valence-electron chi connectivity index (χ4n) is 3.13. The minimum absolute atomic E-state index is 0.00752. The van der Waals surface area contributed by atoms with Gasteiger partial charge < -0.3 is 9.84 Å². The third-order valence-electron chi connectivity index (χ3n) is 4.61. The SMILES string of the molecule is CC1CC(C(=O)O)CN(S(=O)(=O)c2ccc(OCc3ncnn3C)cc2)C1. The summed E-state index contributed by atoms with van der Waals surface area (Å²) in [5, 5.41) is 13.2. The number of aliphatic carboxylic acids is 1. The van der Waals surface area contributed by atoms with Gasteiger partial charge >= 0.3 is 5.97 Å². The number of benzene rings is 1. The molecule has 1 aromatic heterocycles. The first-order chi connectivity index (χ1) is 12.8. The largest absolute Gasteiger partial charge is 0.486 e. The Kier molecular flexibility index (Phi) is 5.47. The molecule has 0 radical (unpaired) electrons. The topological polar surface area (TPSA) is 115 Å². The van der Waals surface area contributed by atoms with Crippen molar-refractivity contribution in [3.63, 3.8) is 0 Å². The first-order valence-corrected chi connectivity index (χ1v) is 10.00. The summed E-state index contributed by atoms with van der Waals surface area (Å²) in [6.45, 7) is 2.39. The van der Waals surface area contributed by atoms with Crippen LogP contribution in [0, 0.1) is 11.8 Å². The molecule has 0 aliphatic carbocycles. The van der Waals surface area contributed by atoms with Crippen molar-refractivity contribution < 1.29 is 23.1 Å². The van der Waals surface area contributed by atoms with Gasteiger partial charge in [-0.15, -0.1) is 0 Å². The number of aryl methyl sites for hydroxylation is 1. The van der Waals surface area contributed by atoms with Crippen molar-refractivity contribution >= 4 is 16.0 Å². The molecule has 146 valence electrons. The van der Waals surface area contributed by atoms with E-state index < -0.39 is 21.9 Å². The highest BCUT2D eigenvalue weighted by molar-refractivity contribution is 7.89. The Morgan fingerprint density at radius 3 is 2.59 bits per heavy atom. The minimum atomic E-state index is -3.76. The van der Waals surface area contributed by atoms with Gasteiger partial charge in [0.15, 0.2) is 5.82 Å². The van der Waals surface area contributed by atoms with Gasteiger partial charge in [0.1, 0.15) is 18.7 Å². The summed E-state index contributed by atoms with van der Waals surface area (Å²) >= 11 is 0. The Hall–Kier alpha value is -2.46. The number of carboxylic acid groups (broad SMARTS) is 1. The van der Waals surface area contributed by atoms with Crippen LogP contribution in [0.3, 0.4) is 0 Å². The number of hydrogen-bond donors (Lipinski definition) is 1. The molecule has 27 heavy (non-hydrogen) atoms. The van der Waals surface area contributed by atoms with Gasteiger partial charge in [0, 0.05) is 20.1 Å². The second kappa shape index (κ2) is 7.65. The molecule has 0 saturated carbocycles. The van der Waals surface area contributed by atoms with E-state index in [0.717, 1.165) is 0 Å². The van der Waals surface area contributed by atoms with Crippen molar-refractivity contribution in [3.05, 3.63) is 36.4 Å². The lowest BCUT2D eigenvalue weighted by atomic mass is 9.92. The molecule has 1 fully saturated rings. The Balaban J connectivity index is 1.71. The van der Waals surface area contributed by atoms with Gasteiger partial charge in [-0.2, -0.15) is 9.40 Å². The van der Waals surface area contributed by atoms with Crippen molar-refractivity contribution in [1.82, 2.24) is 19.1 Å². The van der Waals surface area contributed by atoms with Crippen molar-refractivity contribution in [3.8, 4) is 5.75 Å². The molecular formula is C17H22N4O5S. The standard InChI is InChI=1S/C17H22N4O5S/c1-12-7-13(17(22)23)9-21(8-12)27(24,25)15-5-3-14(4-6-15)26-10-16-18-11-19-20(16)2/h3-6,11-13H,7-10H2,1-2H3,(H,22,23). The van der Waals surface area contributed by atoms with E-state index in [4.69, 9.17) is 4.74 Å². The third-order valence-corrected chi connectivity index (χ3v) is 6.46. The van der Waals surface area contributed by atoms with Crippen LogP contribution in [0.15, 0.2) is 35.5 Å². The number of carbonyl (C=O) groups is 1. The summed E-state index contributed by atoms with van der Waals surface area (Å²) in [5.74, 6) is -0.503. The Bertz CT molecular complexity index is 910. The number of rotatable bonds is 6. The van der Waals surface area contributed by atoms with Gasteiger partial charge in [-0.3, -0.25) is 9.48 Å². The molecule has 10 heteroatoms. The number of aromatic nitrogens is 3. The average Bonchev–Trinajstić information content (AvgIpc) is 3.04. The Labute approximate surface area is 157 Å². The predicted molar refractivity (Wildman–Crippen MR) is 95.4 cm³/mol. The Morgan fingerprint density at radius 2 is 2.00 bits per heavy atom. The van der Waals surface area contributed by atoms with Crippen LogP contribution in [0.1, 0.15) is 19.2 Å². The van der Waals surface area contributed by atoms with E-state index in [0.29, 0.717) is 24.5 Å². The monoisotopic (exact) mass is 394 g/mol. The third kappa shape index (κ3) is 4.28. The molecule has 1 saturated heterocycles. The summed E-state index contributed by atoms with van der Waals surface area (Å²) in [7, 11) is -2.00. The molecule has 0 amide bonds. The highest BCUT2D eigenvalue weighted by atomic mass is 32.2. The summed E-state index contributed by atoms with van der Waals surface area (Å²) in [6, 6.07) is 6.09. The van der Waals surface area contributed by atoms with Crippen LogP contribution < -0.4 is 4.74 Å². The smallest absolute Gasteiger partial charge is 0.307 e. The maximum absolute atomic E-state index is 12.9. The second-order valence-electron chi connectivity index (χ2n) is 6.76. The average molecular weight is 394 g/mol. The Morgan fingerprint density at radius 1 is 1.30 bits per heavy atom. The zero-order chi connectivity index (χ0) is 19.6. The molecule has 1 aliphatic heterocycles. The summed E-state index contributed by atoms with van der Waals surface area (Å²) in [4.78, 5) is 15.5. The number of piperidine rings is 1. The fraction of sp³-hybridized carbons (Fsp3) is 0.471. The van der Waals surface area contributed by atoms with Crippen LogP contribution in [0.5, 0.6) is 5.75 Å². The van der Waals surface area contributed by atoms with Gasteiger partial charge in [0.25, 0.3) is 0 Å². The van der Waals surface area contributed by atoms with Crippen molar-refractivity contribution in [2.75, 3.05) is 13.1 Å². The molecule has 3 rings (SSSR count). The first-order valence-electron chi connectivity index (χ1n) is 8.56. The van der Waals surface area contributed by atoms with Crippen LogP contribution in [0.25, 0.3) is 0 Å². The molecule has 2 aromatic rings. The molecule has 0 bridgehead atoms. The quantitative estimate of drug-likeness (QED) is 0.781. The van der Waals surface area contributed by atoms with E-state index in [-0.39, 0.29) is 24.0 Å². The number of carboxylic acids is 1. The number of hydrogen-bond acceptors (Lipinski definition) is 6. The van der Waals surface area contributed by atoms with Crippen LogP contribution >= 0.6 is 0 Å². The highest BCUT2D eigenvalue weighted by Gasteiger charge is 2.36. The lowest BCUT2D eigenvalue weighted by Gasteiger charge is -2.33. The van der Waals surface area contributed by atoms with Crippen LogP contribution in [-0.2, 0) is 28.5 Å². The van der Waals surface area contributed by atoms with Gasteiger partial charge in [-0.25, -0.2) is 13.4 Å². The minimum Gasteiger partial charge on any atom is -0.486 e. The molecule has 2 heterocycles. The fourth-order valence-corrected chi connectivity index (χ4v) is 4.74. The lowest BCUT2D eigenvalue weighted by Crippen LogP contribution is -2.45. The normalized spacial score (nSPS) is 21.1. The molecular weight excluding hydrogens is 372 g/mol. The van der Waals surface area contributed by atoms with Gasteiger partial charge in [0.2, 0.25) is 10.0 Å². The molecule has 1 N–H and O–H groups in total. The lowest BCUT2D eigenvalue weighted by molar-refractivity contribution is -0.143. The summed E-state index contributed by atoms with van der Waals surface area (Å²) < 4.78 is 34.2. The van der Waals surface area contributed by atoms with E-state index in [2.05, 4.69) is 10.1 Å². The molecule has 2 unspecified atom stereocenters. The van der Waals surface area contributed by atoms with Crippen LogP contribution in [0.4, 0.5) is 0 Å². The molecule has 9 nitrogen and oxygen atoms in total. The van der Waals surface area contributed by atoms with E-state index in [1.54, 1.807) is 23.9 Å². The zero-order valence-electron chi connectivity index (χ0n) is 15.1. The van der Waals surface area contributed by atoms with Crippen molar-refractivity contribution in [2.24, 2.45) is 18.9 Å². The highest BCUT2D eigenvalue weighted by Crippen LogP contribution is 2.28. The molecule has 1 aliphatic rings. The number of ether oxygens (including phenoxy) is 1. The van der Waals surface area contributed by atoms with E-state index in [1.807, 2.05) is 6.92 Å².